The fourth-order valence-electron chi connectivity index (χ4n) is 5.47. The second kappa shape index (κ2) is 6.88. The highest BCUT2D eigenvalue weighted by atomic mass is 16.5. The molecule has 2 aromatic rings. The van der Waals surface area contributed by atoms with E-state index in [1.54, 1.807) is 7.11 Å². The number of methoxy groups -OCH3 is 1. The number of fused-ring (bicyclic) bond motifs is 4. The Kier molecular flexibility index (Phi) is 4.32. The highest BCUT2D eigenvalue weighted by molar-refractivity contribution is 6.09. The molecule has 150 valence electrons. The summed E-state index contributed by atoms with van der Waals surface area (Å²) in [5.41, 5.74) is 1.85. The van der Waals surface area contributed by atoms with Crippen molar-refractivity contribution in [3.8, 4) is 5.75 Å². The molecule has 3 aliphatic rings. The van der Waals surface area contributed by atoms with Crippen LogP contribution in [0, 0.1) is 5.92 Å². The molecule has 3 aliphatic heterocycles. The number of hydrogen-bond donors (Lipinski definition) is 2. The van der Waals surface area contributed by atoms with Crippen LogP contribution in [-0.4, -0.2) is 36.4 Å². The van der Waals surface area contributed by atoms with Gasteiger partial charge in [-0.15, -0.1) is 0 Å². The van der Waals surface area contributed by atoms with Crippen LogP contribution >= 0.6 is 0 Å². The molecule has 0 radical (unpaired) electrons. The molecule has 2 saturated heterocycles. The maximum atomic E-state index is 13.4. The Morgan fingerprint density at radius 3 is 3.00 bits per heavy atom. The number of nitrogens with one attached hydrogen (secondary N) is 2. The first-order chi connectivity index (χ1) is 14.1. The quantitative estimate of drug-likeness (QED) is 0.841. The largest absolute Gasteiger partial charge is 0.497 e. The fraction of sp³-hybridized carbons (Fsp3) is 0.391. The summed E-state index contributed by atoms with van der Waals surface area (Å²) in [6.07, 6.45) is 2.82. The summed E-state index contributed by atoms with van der Waals surface area (Å²) in [6.45, 7) is 1.27. The Hall–Kier alpha value is -2.86. The third-order valence-electron chi connectivity index (χ3n) is 6.69. The van der Waals surface area contributed by atoms with Crippen LogP contribution in [0.15, 0.2) is 48.5 Å². The lowest BCUT2D eigenvalue weighted by molar-refractivity contribution is -0.137. The van der Waals surface area contributed by atoms with Crippen molar-refractivity contribution in [3.05, 3.63) is 59.7 Å². The Morgan fingerprint density at radius 1 is 1.28 bits per heavy atom. The molecule has 6 nitrogen and oxygen atoms in total. The van der Waals surface area contributed by atoms with Crippen LogP contribution < -0.4 is 15.4 Å². The molecule has 0 aliphatic carbocycles. The van der Waals surface area contributed by atoms with Gasteiger partial charge in [0.25, 0.3) is 0 Å². The molecular formula is C23H25N3O3. The third kappa shape index (κ3) is 2.66. The minimum absolute atomic E-state index is 0.0610. The Labute approximate surface area is 170 Å². The van der Waals surface area contributed by atoms with Gasteiger partial charge < -0.3 is 15.4 Å². The lowest BCUT2D eigenvalue weighted by atomic mass is 9.78. The van der Waals surface area contributed by atoms with Crippen LogP contribution in [0.1, 0.15) is 30.4 Å². The van der Waals surface area contributed by atoms with Gasteiger partial charge in [-0.2, -0.15) is 0 Å². The molecule has 2 aromatic carbocycles. The van der Waals surface area contributed by atoms with Crippen LogP contribution in [0.4, 0.5) is 5.69 Å². The van der Waals surface area contributed by atoms with E-state index in [-0.39, 0.29) is 17.9 Å². The van der Waals surface area contributed by atoms with Gasteiger partial charge in [0.2, 0.25) is 11.8 Å². The number of amides is 2. The zero-order valence-corrected chi connectivity index (χ0v) is 16.5. The van der Waals surface area contributed by atoms with Gasteiger partial charge in [-0.05, 0) is 49.6 Å². The van der Waals surface area contributed by atoms with Crippen LogP contribution in [0.25, 0.3) is 0 Å². The third-order valence-corrected chi connectivity index (χ3v) is 6.69. The van der Waals surface area contributed by atoms with Crippen LogP contribution in [0.3, 0.4) is 0 Å². The van der Waals surface area contributed by atoms with Gasteiger partial charge in [0.05, 0.1) is 13.0 Å². The standard InChI is InChI=1S/C23H25N3O3/c1-29-17-8-4-6-15(12-17)14-24-21(27)19-13-16-7-5-11-26(16)23(19)18-9-2-3-10-20(18)25-22(23)28/h2-4,6,8-10,12,16,19H,5,7,11,13-14H2,1H3,(H,24,27)(H,25,28)/t16-,19+,23+/m1/s1. The van der Waals surface area contributed by atoms with Crippen molar-refractivity contribution in [2.45, 2.75) is 37.4 Å². The number of rotatable bonds is 4. The van der Waals surface area contributed by atoms with E-state index in [1.165, 1.54) is 0 Å². The van der Waals surface area contributed by atoms with Gasteiger partial charge in [0.15, 0.2) is 0 Å². The van der Waals surface area contributed by atoms with Gasteiger partial charge in [-0.1, -0.05) is 30.3 Å². The second-order valence-electron chi connectivity index (χ2n) is 8.11. The van der Waals surface area contributed by atoms with Crippen molar-refractivity contribution in [3.63, 3.8) is 0 Å². The molecule has 5 rings (SSSR count). The highest BCUT2D eigenvalue weighted by Crippen LogP contribution is 2.55. The first-order valence-electron chi connectivity index (χ1n) is 10.2. The number of benzene rings is 2. The lowest BCUT2D eigenvalue weighted by Gasteiger charge is -2.36. The predicted octanol–water partition coefficient (Wildman–Crippen LogP) is 2.64. The van der Waals surface area contributed by atoms with Crippen molar-refractivity contribution >= 4 is 17.5 Å². The predicted molar refractivity (Wildman–Crippen MR) is 109 cm³/mol. The van der Waals surface area contributed by atoms with Crippen molar-refractivity contribution < 1.29 is 14.3 Å². The van der Waals surface area contributed by atoms with Crippen molar-refractivity contribution in [1.82, 2.24) is 10.2 Å². The summed E-state index contributed by atoms with van der Waals surface area (Å²) in [5.74, 6) is 0.236. The molecule has 29 heavy (non-hydrogen) atoms. The van der Waals surface area contributed by atoms with Crippen LogP contribution in [-0.2, 0) is 21.7 Å². The summed E-state index contributed by atoms with van der Waals surface area (Å²) in [4.78, 5) is 29.0. The molecule has 6 heteroatoms. The zero-order valence-electron chi connectivity index (χ0n) is 16.5. The fourth-order valence-corrected chi connectivity index (χ4v) is 5.47. The molecule has 3 atom stereocenters. The van der Waals surface area contributed by atoms with E-state index in [4.69, 9.17) is 4.74 Å². The number of anilines is 1. The summed E-state index contributed by atoms with van der Waals surface area (Å²) >= 11 is 0. The average molecular weight is 391 g/mol. The van der Waals surface area contributed by atoms with E-state index in [2.05, 4.69) is 15.5 Å². The number of hydrogen-bond acceptors (Lipinski definition) is 4. The summed E-state index contributed by atoms with van der Waals surface area (Å²) in [7, 11) is 1.63. The van der Waals surface area contributed by atoms with Crippen molar-refractivity contribution in [1.29, 1.82) is 0 Å². The lowest BCUT2D eigenvalue weighted by Crippen LogP contribution is -2.54. The topological polar surface area (TPSA) is 70.7 Å². The monoisotopic (exact) mass is 391 g/mol. The Morgan fingerprint density at radius 2 is 2.14 bits per heavy atom. The molecule has 0 aromatic heterocycles. The number of carbonyl (C=O) groups is 2. The van der Waals surface area contributed by atoms with Gasteiger partial charge >= 0.3 is 0 Å². The van der Waals surface area contributed by atoms with E-state index in [0.717, 1.165) is 42.0 Å². The maximum Gasteiger partial charge on any atom is 0.250 e. The number of nitrogens with zero attached hydrogens (tertiary/aromatic N) is 1. The van der Waals surface area contributed by atoms with Gasteiger partial charge in [-0.25, -0.2) is 0 Å². The minimum atomic E-state index is -0.893. The number of ether oxygens (including phenoxy) is 1. The minimum Gasteiger partial charge on any atom is -0.497 e. The Balaban J connectivity index is 1.46. The van der Waals surface area contributed by atoms with Crippen LogP contribution in [0.5, 0.6) is 5.75 Å². The summed E-state index contributed by atoms with van der Waals surface area (Å²) in [5, 5.41) is 6.12. The number of carbonyl (C=O) groups excluding carboxylic acids is 2. The van der Waals surface area contributed by atoms with Crippen molar-refractivity contribution in [2.75, 3.05) is 19.0 Å². The van der Waals surface area contributed by atoms with Gasteiger partial charge in [0, 0.05) is 23.8 Å². The second-order valence-corrected chi connectivity index (χ2v) is 8.11. The van der Waals surface area contributed by atoms with E-state index in [9.17, 15) is 9.59 Å². The number of para-hydroxylation sites is 1. The molecule has 2 fully saturated rings. The first-order valence-corrected chi connectivity index (χ1v) is 10.2. The molecule has 1 spiro atoms. The Bertz CT molecular complexity index is 975. The van der Waals surface area contributed by atoms with E-state index < -0.39 is 11.5 Å². The van der Waals surface area contributed by atoms with E-state index in [0.29, 0.717) is 13.0 Å². The highest BCUT2D eigenvalue weighted by Gasteiger charge is 2.65. The molecular weight excluding hydrogens is 366 g/mol. The summed E-state index contributed by atoms with van der Waals surface area (Å²) < 4.78 is 5.27. The smallest absolute Gasteiger partial charge is 0.250 e. The molecule has 0 unspecified atom stereocenters. The molecule has 2 amide bonds. The normalized spacial score (nSPS) is 27.6. The van der Waals surface area contributed by atoms with Gasteiger partial charge in [-0.3, -0.25) is 14.5 Å². The zero-order chi connectivity index (χ0) is 20.0. The van der Waals surface area contributed by atoms with E-state index >= 15 is 0 Å². The molecule has 0 bridgehead atoms. The van der Waals surface area contributed by atoms with Crippen LogP contribution in [0.2, 0.25) is 0 Å². The molecule has 0 saturated carbocycles. The van der Waals surface area contributed by atoms with Crippen molar-refractivity contribution in [2.24, 2.45) is 5.92 Å². The van der Waals surface area contributed by atoms with E-state index in [1.807, 2.05) is 48.5 Å². The molecule has 3 heterocycles. The molecule has 2 N–H and O–H groups in total. The average Bonchev–Trinajstić information content (AvgIpc) is 3.41. The van der Waals surface area contributed by atoms with Gasteiger partial charge in [0.1, 0.15) is 11.3 Å². The maximum absolute atomic E-state index is 13.4. The summed E-state index contributed by atoms with van der Waals surface area (Å²) in [6, 6.07) is 15.7. The SMILES string of the molecule is COc1cccc(CNC(=O)[C@@H]2C[C@H]3CCCN3[C@]23C(=O)Nc2ccccc23)c1. The first kappa shape index (κ1) is 18.2.